The van der Waals surface area contributed by atoms with Gasteiger partial charge in [0.2, 0.25) is 5.95 Å². The Morgan fingerprint density at radius 2 is 1.88 bits per heavy atom. The quantitative estimate of drug-likeness (QED) is 0.167. The van der Waals surface area contributed by atoms with E-state index in [0.717, 1.165) is 26.0 Å². The molecule has 0 saturated carbocycles. The van der Waals surface area contributed by atoms with Gasteiger partial charge in [0.05, 0.1) is 12.7 Å². The van der Waals surface area contributed by atoms with Crippen LogP contribution in [0.2, 0.25) is 5.02 Å². The zero-order valence-electron chi connectivity index (χ0n) is 21.6. The smallest absolute Gasteiger partial charge is 0.338 e. The number of nitrogens with zero attached hydrogens (tertiary/aromatic N) is 6. The van der Waals surface area contributed by atoms with Crippen molar-refractivity contribution in [3.63, 3.8) is 0 Å². The summed E-state index contributed by atoms with van der Waals surface area (Å²) in [4.78, 5) is 13.2. The fraction of sp³-hybridized carbons (Fsp3) is 0.143. The number of rotatable bonds is 9. The average molecular weight is 604 g/mol. The zero-order valence-corrected chi connectivity index (χ0v) is 24.0. The number of ether oxygens (including phenoxy) is 2. The van der Waals surface area contributed by atoms with E-state index in [1.54, 1.807) is 4.68 Å². The van der Waals surface area contributed by atoms with Crippen LogP contribution in [0.5, 0.6) is 5.75 Å². The number of carbonyl (C=O) groups is 1. The largest absolute Gasteiger partial charge is 0.489 e. The molecule has 1 atom stereocenters. The topological polar surface area (TPSA) is 117 Å². The molecule has 1 unspecified atom stereocenters. The summed E-state index contributed by atoms with van der Waals surface area (Å²) in [6, 6.07) is 24.3. The lowest BCUT2D eigenvalue weighted by Gasteiger charge is -2.28. The average Bonchev–Trinajstić information content (AvgIpc) is 3.68. The summed E-state index contributed by atoms with van der Waals surface area (Å²) in [5, 5.41) is 25.5. The Hall–Kier alpha value is -4.26. The summed E-state index contributed by atoms with van der Waals surface area (Å²) in [5.41, 5.74) is 3.79. The van der Waals surface area contributed by atoms with Crippen molar-refractivity contribution in [3.05, 3.63) is 106 Å². The fourth-order valence-corrected chi connectivity index (χ4v) is 6.38. The number of esters is 1. The number of anilines is 1. The molecule has 206 valence electrons. The summed E-state index contributed by atoms with van der Waals surface area (Å²) in [5.74, 6) is 1.01. The van der Waals surface area contributed by atoms with Gasteiger partial charge < -0.3 is 14.8 Å². The van der Waals surface area contributed by atoms with Crippen LogP contribution >= 0.6 is 34.7 Å². The summed E-state index contributed by atoms with van der Waals surface area (Å²) >= 11 is 9.04. The number of hydrogen-bond donors (Lipinski definition) is 1. The lowest BCUT2D eigenvalue weighted by Crippen LogP contribution is -2.30. The number of nitrogens with one attached hydrogen (secondary N) is 1. The van der Waals surface area contributed by atoms with Crippen LogP contribution in [-0.2, 0) is 16.1 Å². The molecule has 0 bridgehead atoms. The first kappa shape index (κ1) is 26.9. The molecule has 1 aliphatic heterocycles. The van der Waals surface area contributed by atoms with E-state index in [2.05, 4.69) is 31.0 Å². The molecule has 41 heavy (non-hydrogen) atoms. The highest BCUT2D eigenvalue weighted by atomic mass is 35.5. The van der Waals surface area contributed by atoms with Crippen molar-refractivity contribution in [3.8, 4) is 16.3 Å². The van der Waals surface area contributed by atoms with E-state index in [4.69, 9.17) is 21.1 Å². The summed E-state index contributed by atoms with van der Waals surface area (Å²) < 4.78 is 13.5. The predicted octanol–water partition coefficient (Wildman–Crippen LogP) is 5.66. The zero-order chi connectivity index (χ0) is 28.2. The maximum atomic E-state index is 13.2. The van der Waals surface area contributed by atoms with Gasteiger partial charge in [-0.15, -0.1) is 10.2 Å². The highest BCUT2D eigenvalue weighted by Crippen LogP contribution is 2.38. The van der Waals surface area contributed by atoms with Gasteiger partial charge in [0.1, 0.15) is 23.4 Å². The molecule has 0 spiro atoms. The third-order valence-corrected chi connectivity index (χ3v) is 8.63. The maximum Gasteiger partial charge on any atom is 0.338 e. The minimum atomic E-state index is -0.611. The van der Waals surface area contributed by atoms with Gasteiger partial charge >= 0.3 is 5.97 Å². The van der Waals surface area contributed by atoms with Crippen molar-refractivity contribution in [2.75, 3.05) is 18.2 Å². The van der Waals surface area contributed by atoms with E-state index < -0.39 is 12.0 Å². The van der Waals surface area contributed by atoms with Crippen LogP contribution in [0.3, 0.4) is 0 Å². The molecule has 0 fully saturated rings. The van der Waals surface area contributed by atoms with Crippen LogP contribution in [0.4, 0.5) is 5.95 Å². The lowest BCUT2D eigenvalue weighted by atomic mass is 9.95. The van der Waals surface area contributed by atoms with Crippen molar-refractivity contribution in [2.45, 2.75) is 17.0 Å². The van der Waals surface area contributed by atoms with Crippen molar-refractivity contribution in [1.82, 2.24) is 30.4 Å². The normalized spacial score (nSPS) is 14.3. The van der Waals surface area contributed by atoms with Crippen molar-refractivity contribution < 1.29 is 14.3 Å². The Morgan fingerprint density at radius 1 is 1.05 bits per heavy atom. The predicted molar refractivity (Wildman–Crippen MR) is 157 cm³/mol. The van der Waals surface area contributed by atoms with Gasteiger partial charge in [-0.25, -0.2) is 4.79 Å². The summed E-state index contributed by atoms with van der Waals surface area (Å²) in [7, 11) is 1.36. The van der Waals surface area contributed by atoms with E-state index >= 15 is 0 Å². The van der Waals surface area contributed by atoms with E-state index in [0.29, 0.717) is 40.4 Å². The second kappa shape index (κ2) is 12.1. The van der Waals surface area contributed by atoms with Gasteiger partial charge in [0.25, 0.3) is 0 Å². The molecule has 1 aliphatic rings. The number of aromatic nitrogens is 6. The Labute approximate surface area is 248 Å². The monoisotopic (exact) mass is 603 g/mol. The maximum absolute atomic E-state index is 13.2. The highest BCUT2D eigenvalue weighted by molar-refractivity contribution is 8.01. The molecule has 2 aromatic heterocycles. The third-order valence-electron chi connectivity index (χ3n) is 6.26. The SMILES string of the molecule is COC(=O)C1=C(CSc2nnc(-c3ccccc3)s2)Nc2nnnn2C1c1ccc(OCc2cccc(Cl)c2)cc1. The molecular formula is C28H22ClN7O3S2. The lowest BCUT2D eigenvalue weighted by molar-refractivity contribution is -0.136. The van der Waals surface area contributed by atoms with Crippen molar-refractivity contribution in [2.24, 2.45) is 0 Å². The molecule has 0 aliphatic carbocycles. The van der Waals surface area contributed by atoms with Crippen LogP contribution in [-0.4, -0.2) is 49.2 Å². The molecule has 0 radical (unpaired) electrons. The number of methoxy groups -OCH3 is 1. The number of tetrazole rings is 1. The van der Waals surface area contributed by atoms with Crippen LogP contribution in [0.1, 0.15) is 17.2 Å². The minimum Gasteiger partial charge on any atom is -0.489 e. The molecule has 3 heterocycles. The van der Waals surface area contributed by atoms with E-state index in [-0.39, 0.29) is 0 Å². The first-order valence-electron chi connectivity index (χ1n) is 12.4. The second-order valence-corrected chi connectivity index (χ2v) is 11.5. The van der Waals surface area contributed by atoms with Crippen LogP contribution in [0.15, 0.2) is 94.5 Å². The van der Waals surface area contributed by atoms with Gasteiger partial charge in [0.15, 0.2) is 4.34 Å². The number of hydrogen-bond acceptors (Lipinski definition) is 11. The number of benzene rings is 3. The molecular weight excluding hydrogens is 582 g/mol. The molecule has 10 nitrogen and oxygen atoms in total. The molecule has 5 aromatic rings. The summed E-state index contributed by atoms with van der Waals surface area (Å²) in [6.07, 6.45) is 0. The minimum absolute atomic E-state index is 0.372. The van der Waals surface area contributed by atoms with Gasteiger partial charge in [-0.1, -0.05) is 94.4 Å². The van der Waals surface area contributed by atoms with Crippen molar-refractivity contribution >= 4 is 46.6 Å². The molecule has 6 rings (SSSR count). The molecule has 3 aromatic carbocycles. The highest BCUT2D eigenvalue weighted by Gasteiger charge is 2.36. The van der Waals surface area contributed by atoms with Gasteiger partial charge in [-0.3, -0.25) is 0 Å². The van der Waals surface area contributed by atoms with Gasteiger partial charge in [-0.05, 0) is 45.8 Å². The number of carbonyl (C=O) groups excluding carboxylic acids is 1. The Morgan fingerprint density at radius 3 is 2.66 bits per heavy atom. The Balaban J connectivity index is 1.26. The van der Waals surface area contributed by atoms with Crippen molar-refractivity contribution in [1.29, 1.82) is 0 Å². The number of thioether (sulfide) groups is 1. The molecule has 0 amide bonds. The van der Waals surface area contributed by atoms with Crippen LogP contribution in [0.25, 0.3) is 10.6 Å². The van der Waals surface area contributed by atoms with E-state index in [9.17, 15) is 4.79 Å². The van der Waals surface area contributed by atoms with E-state index in [1.807, 2.05) is 78.9 Å². The van der Waals surface area contributed by atoms with E-state index in [1.165, 1.54) is 30.2 Å². The van der Waals surface area contributed by atoms with Gasteiger partial charge in [0, 0.05) is 22.0 Å². The fourth-order valence-electron chi connectivity index (χ4n) is 4.35. The first-order valence-corrected chi connectivity index (χ1v) is 14.6. The molecule has 13 heteroatoms. The Kier molecular flexibility index (Phi) is 7.94. The van der Waals surface area contributed by atoms with Crippen LogP contribution < -0.4 is 10.1 Å². The second-order valence-electron chi connectivity index (χ2n) is 8.87. The molecule has 0 saturated heterocycles. The number of fused-ring (bicyclic) bond motifs is 1. The third kappa shape index (κ3) is 5.94. The summed E-state index contributed by atoms with van der Waals surface area (Å²) in [6.45, 7) is 0.372. The number of halogens is 1. The Bertz CT molecular complexity index is 1710. The van der Waals surface area contributed by atoms with Crippen LogP contribution in [0, 0.1) is 0 Å². The molecule has 1 N–H and O–H groups in total. The first-order chi connectivity index (χ1) is 20.1. The standard InChI is InChI=1S/C28H22ClN7O3S2/c1-38-26(37)23-22(16-40-28-33-31-25(41-28)19-7-3-2-4-8-19)30-27-32-34-35-36(27)24(23)18-10-12-21(13-11-18)39-15-17-6-5-9-20(29)14-17/h2-14,24H,15-16H2,1H3,(H,30,32,35). The van der Waals surface area contributed by atoms with Gasteiger partial charge in [-0.2, -0.15) is 4.68 Å².